The predicted molar refractivity (Wildman–Crippen MR) is 80.8 cm³/mol. The standard InChI is InChI=1S/C12H18N2.CH3I/c1-11-4-3-5-12(10-11)14-8-6-13(2)7-9-14;1-2/h3-5,10H,6-9H2,1-2H3;1H3. The maximum absolute atomic E-state index is 2.47. The number of hydrogen-bond donors (Lipinski definition) is 0. The monoisotopic (exact) mass is 332 g/mol. The van der Waals surface area contributed by atoms with E-state index >= 15 is 0 Å². The lowest BCUT2D eigenvalue weighted by atomic mass is 10.2. The summed E-state index contributed by atoms with van der Waals surface area (Å²) in [6.45, 7) is 6.81. The highest BCUT2D eigenvalue weighted by Gasteiger charge is 2.13. The second-order valence-electron chi connectivity index (χ2n) is 4.13. The lowest BCUT2D eigenvalue weighted by molar-refractivity contribution is 0.313. The van der Waals surface area contributed by atoms with E-state index in [2.05, 4.69) is 70.6 Å². The first kappa shape index (κ1) is 13.8. The van der Waals surface area contributed by atoms with Crippen molar-refractivity contribution in [2.45, 2.75) is 6.92 Å². The van der Waals surface area contributed by atoms with Gasteiger partial charge in [0.1, 0.15) is 0 Å². The summed E-state index contributed by atoms with van der Waals surface area (Å²) in [5.74, 6) is 0. The Balaban J connectivity index is 0.000000606. The van der Waals surface area contributed by atoms with Gasteiger partial charge in [0.25, 0.3) is 0 Å². The number of halogens is 1. The number of alkyl halides is 1. The molecule has 1 aliphatic rings. The molecule has 0 saturated carbocycles. The van der Waals surface area contributed by atoms with Crippen LogP contribution in [0.5, 0.6) is 0 Å². The molecule has 0 aliphatic carbocycles. The summed E-state index contributed by atoms with van der Waals surface area (Å²) >= 11 is 2.15. The summed E-state index contributed by atoms with van der Waals surface area (Å²) in [7, 11) is 2.19. The summed E-state index contributed by atoms with van der Waals surface area (Å²) in [5, 5.41) is 0. The molecule has 0 unspecified atom stereocenters. The van der Waals surface area contributed by atoms with Gasteiger partial charge in [-0.25, -0.2) is 0 Å². The van der Waals surface area contributed by atoms with Crippen LogP contribution >= 0.6 is 22.6 Å². The molecule has 0 atom stereocenters. The zero-order valence-corrected chi connectivity index (χ0v) is 12.6. The minimum absolute atomic E-state index is 1.15. The molecule has 0 spiro atoms. The van der Waals surface area contributed by atoms with Crippen LogP contribution in [0.4, 0.5) is 5.69 Å². The van der Waals surface area contributed by atoms with Crippen LogP contribution < -0.4 is 4.90 Å². The van der Waals surface area contributed by atoms with Crippen molar-refractivity contribution in [1.82, 2.24) is 4.90 Å². The van der Waals surface area contributed by atoms with E-state index in [1.165, 1.54) is 24.3 Å². The van der Waals surface area contributed by atoms with Crippen molar-refractivity contribution in [2.24, 2.45) is 0 Å². The highest BCUT2D eigenvalue weighted by atomic mass is 127. The zero-order valence-electron chi connectivity index (χ0n) is 10.4. The molecule has 2 nitrogen and oxygen atoms in total. The minimum atomic E-state index is 1.15. The van der Waals surface area contributed by atoms with E-state index in [1.54, 1.807) is 0 Å². The van der Waals surface area contributed by atoms with Gasteiger partial charge >= 0.3 is 0 Å². The highest BCUT2D eigenvalue weighted by molar-refractivity contribution is 14.1. The van der Waals surface area contributed by atoms with Crippen LogP contribution in [0.15, 0.2) is 24.3 Å². The van der Waals surface area contributed by atoms with Gasteiger partial charge in [0, 0.05) is 31.9 Å². The van der Waals surface area contributed by atoms with Crippen molar-refractivity contribution in [3.63, 3.8) is 0 Å². The van der Waals surface area contributed by atoms with Crippen LogP contribution in [0, 0.1) is 6.92 Å². The van der Waals surface area contributed by atoms with E-state index in [1.807, 2.05) is 4.93 Å². The predicted octanol–water partition coefficient (Wildman–Crippen LogP) is 2.80. The van der Waals surface area contributed by atoms with Crippen LogP contribution in [-0.4, -0.2) is 43.1 Å². The Kier molecular flexibility index (Phi) is 6.13. The lowest BCUT2D eigenvalue weighted by Crippen LogP contribution is -2.44. The summed E-state index contributed by atoms with van der Waals surface area (Å²) in [6.07, 6.45) is 0. The average Bonchev–Trinajstić information content (AvgIpc) is 2.32. The molecule has 1 fully saturated rings. The van der Waals surface area contributed by atoms with Crippen LogP contribution in [0.25, 0.3) is 0 Å². The summed E-state index contributed by atoms with van der Waals surface area (Å²) in [5.41, 5.74) is 2.72. The Bertz CT molecular complexity index is 307. The summed E-state index contributed by atoms with van der Waals surface area (Å²) in [6, 6.07) is 8.77. The number of anilines is 1. The molecule has 3 heteroatoms. The molecular weight excluding hydrogens is 311 g/mol. The molecule has 2 rings (SSSR count). The van der Waals surface area contributed by atoms with Crippen molar-refractivity contribution in [1.29, 1.82) is 0 Å². The molecule has 1 heterocycles. The minimum Gasteiger partial charge on any atom is -0.369 e. The Morgan fingerprint density at radius 3 is 2.25 bits per heavy atom. The number of nitrogens with zero attached hydrogens (tertiary/aromatic N) is 2. The number of rotatable bonds is 1. The maximum Gasteiger partial charge on any atom is 0.0369 e. The van der Waals surface area contributed by atoms with Gasteiger partial charge in [0.15, 0.2) is 0 Å². The van der Waals surface area contributed by atoms with Gasteiger partial charge in [0.2, 0.25) is 0 Å². The molecule has 1 saturated heterocycles. The molecule has 0 amide bonds. The Labute approximate surface area is 113 Å². The third kappa shape index (κ3) is 3.94. The van der Waals surface area contributed by atoms with E-state index < -0.39 is 0 Å². The largest absolute Gasteiger partial charge is 0.369 e. The first-order chi connectivity index (χ1) is 7.75. The molecule has 90 valence electrons. The van der Waals surface area contributed by atoms with Gasteiger partial charge in [-0.3, -0.25) is 0 Å². The van der Waals surface area contributed by atoms with Crippen molar-refractivity contribution < 1.29 is 0 Å². The normalized spacial score (nSPS) is 16.6. The van der Waals surface area contributed by atoms with Crippen LogP contribution in [0.1, 0.15) is 5.56 Å². The highest BCUT2D eigenvalue weighted by Crippen LogP contribution is 2.17. The Morgan fingerprint density at radius 1 is 1.06 bits per heavy atom. The SMILES string of the molecule is CI.Cc1cccc(N2CCN(C)CC2)c1. The molecular formula is C13H21IN2. The van der Waals surface area contributed by atoms with E-state index in [9.17, 15) is 0 Å². The topological polar surface area (TPSA) is 6.48 Å². The average molecular weight is 332 g/mol. The maximum atomic E-state index is 2.47. The van der Waals surface area contributed by atoms with Gasteiger partial charge in [0.05, 0.1) is 0 Å². The van der Waals surface area contributed by atoms with Crippen LogP contribution in [-0.2, 0) is 0 Å². The fraction of sp³-hybridized carbons (Fsp3) is 0.538. The second-order valence-corrected chi connectivity index (χ2v) is 4.13. The zero-order chi connectivity index (χ0) is 12.0. The molecule has 0 N–H and O–H groups in total. The smallest absolute Gasteiger partial charge is 0.0369 e. The molecule has 0 bridgehead atoms. The van der Waals surface area contributed by atoms with Gasteiger partial charge in [-0.2, -0.15) is 0 Å². The first-order valence-electron chi connectivity index (χ1n) is 5.64. The fourth-order valence-corrected chi connectivity index (χ4v) is 1.89. The van der Waals surface area contributed by atoms with Crippen molar-refractivity contribution >= 4 is 28.3 Å². The van der Waals surface area contributed by atoms with Gasteiger partial charge in [-0.1, -0.05) is 34.7 Å². The van der Waals surface area contributed by atoms with Crippen molar-refractivity contribution in [3.05, 3.63) is 29.8 Å². The number of likely N-dealkylation sites (N-methyl/N-ethyl adjacent to an activating group) is 1. The number of hydrogen-bond acceptors (Lipinski definition) is 2. The van der Waals surface area contributed by atoms with Gasteiger partial charge in [-0.05, 0) is 36.6 Å². The van der Waals surface area contributed by atoms with Gasteiger partial charge in [-0.15, -0.1) is 0 Å². The van der Waals surface area contributed by atoms with Crippen molar-refractivity contribution in [2.75, 3.05) is 43.1 Å². The number of benzene rings is 1. The second kappa shape index (κ2) is 7.12. The molecule has 1 aromatic carbocycles. The van der Waals surface area contributed by atoms with Gasteiger partial charge < -0.3 is 9.80 Å². The number of aryl methyl sites for hydroxylation is 1. The summed E-state index contributed by atoms with van der Waals surface area (Å²) < 4.78 is 0. The molecule has 16 heavy (non-hydrogen) atoms. The third-order valence-corrected chi connectivity index (χ3v) is 2.87. The van der Waals surface area contributed by atoms with E-state index in [4.69, 9.17) is 0 Å². The summed E-state index contributed by atoms with van der Waals surface area (Å²) in [4.78, 5) is 6.82. The van der Waals surface area contributed by atoms with E-state index in [0.717, 1.165) is 13.1 Å². The molecule has 0 radical (unpaired) electrons. The van der Waals surface area contributed by atoms with E-state index in [0.29, 0.717) is 0 Å². The quantitative estimate of drug-likeness (QED) is 0.576. The van der Waals surface area contributed by atoms with Crippen LogP contribution in [0.3, 0.4) is 0 Å². The Morgan fingerprint density at radius 2 is 1.69 bits per heavy atom. The molecule has 1 aromatic rings. The van der Waals surface area contributed by atoms with Crippen LogP contribution in [0.2, 0.25) is 0 Å². The fourth-order valence-electron chi connectivity index (χ4n) is 1.89. The molecule has 1 aliphatic heterocycles. The number of piperazine rings is 1. The Hall–Kier alpha value is -0.290. The van der Waals surface area contributed by atoms with E-state index in [-0.39, 0.29) is 0 Å². The lowest BCUT2D eigenvalue weighted by Gasteiger charge is -2.34. The van der Waals surface area contributed by atoms with Crippen molar-refractivity contribution in [3.8, 4) is 0 Å². The molecule has 0 aromatic heterocycles. The first-order valence-corrected chi connectivity index (χ1v) is 7.79. The third-order valence-electron chi connectivity index (χ3n) is 2.87.